The van der Waals surface area contributed by atoms with Gasteiger partial charge in [-0.15, -0.1) is 0 Å². The third-order valence-corrected chi connectivity index (χ3v) is 6.43. The Labute approximate surface area is 201 Å². The SMILES string of the molecule is N#Cc1ccc(F)c(Nc2cc(-c3nc(N4CCNCC4)c4c(C5CC5)cncc4n3)ccn2)c1. The summed E-state index contributed by atoms with van der Waals surface area (Å²) >= 11 is 0. The van der Waals surface area contributed by atoms with E-state index in [2.05, 4.69) is 25.5 Å². The van der Waals surface area contributed by atoms with Gasteiger partial charge in [-0.05, 0) is 54.7 Å². The number of nitriles is 1. The smallest absolute Gasteiger partial charge is 0.162 e. The number of hydrogen-bond acceptors (Lipinski definition) is 8. The van der Waals surface area contributed by atoms with Crippen molar-refractivity contribution in [2.75, 3.05) is 36.4 Å². The van der Waals surface area contributed by atoms with E-state index in [0.717, 1.165) is 48.5 Å². The maximum absolute atomic E-state index is 14.3. The molecule has 1 aliphatic heterocycles. The molecule has 3 aromatic heterocycles. The number of rotatable bonds is 5. The predicted molar refractivity (Wildman–Crippen MR) is 132 cm³/mol. The molecule has 35 heavy (non-hydrogen) atoms. The van der Waals surface area contributed by atoms with Crippen LogP contribution in [0.4, 0.5) is 21.7 Å². The zero-order valence-electron chi connectivity index (χ0n) is 19.0. The number of anilines is 3. The monoisotopic (exact) mass is 466 g/mol. The van der Waals surface area contributed by atoms with Crippen LogP contribution in [0.5, 0.6) is 0 Å². The summed E-state index contributed by atoms with van der Waals surface area (Å²) in [6.07, 6.45) is 7.76. The third-order valence-electron chi connectivity index (χ3n) is 6.43. The molecule has 1 saturated heterocycles. The Bertz CT molecular complexity index is 1450. The van der Waals surface area contributed by atoms with Crippen LogP contribution in [0.3, 0.4) is 0 Å². The van der Waals surface area contributed by atoms with E-state index in [1.165, 1.54) is 36.6 Å². The van der Waals surface area contributed by atoms with Crippen LogP contribution in [-0.2, 0) is 0 Å². The molecule has 8 nitrogen and oxygen atoms in total. The molecule has 6 rings (SSSR count). The molecule has 9 heteroatoms. The molecule has 0 amide bonds. The number of aromatic nitrogens is 4. The van der Waals surface area contributed by atoms with Gasteiger partial charge in [-0.3, -0.25) is 4.98 Å². The van der Waals surface area contributed by atoms with Gasteiger partial charge in [0.25, 0.3) is 0 Å². The van der Waals surface area contributed by atoms with E-state index in [1.54, 1.807) is 18.5 Å². The molecule has 2 N–H and O–H groups in total. The highest BCUT2D eigenvalue weighted by Crippen LogP contribution is 2.44. The molecule has 2 aliphatic rings. The van der Waals surface area contributed by atoms with E-state index >= 15 is 0 Å². The van der Waals surface area contributed by atoms with Gasteiger partial charge < -0.3 is 15.5 Å². The summed E-state index contributed by atoms with van der Waals surface area (Å²) < 4.78 is 14.3. The van der Waals surface area contributed by atoms with Crippen LogP contribution in [0.25, 0.3) is 22.3 Å². The number of nitrogens with zero attached hydrogens (tertiary/aromatic N) is 6. The zero-order valence-corrected chi connectivity index (χ0v) is 19.0. The Morgan fingerprint density at radius 2 is 1.94 bits per heavy atom. The van der Waals surface area contributed by atoms with E-state index in [0.29, 0.717) is 23.1 Å². The van der Waals surface area contributed by atoms with Gasteiger partial charge in [-0.2, -0.15) is 5.26 Å². The fourth-order valence-corrected chi connectivity index (χ4v) is 4.49. The number of fused-ring (bicyclic) bond motifs is 1. The van der Waals surface area contributed by atoms with Crippen molar-refractivity contribution in [3.8, 4) is 17.5 Å². The quantitative estimate of drug-likeness (QED) is 0.453. The largest absolute Gasteiger partial charge is 0.353 e. The van der Waals surface area contributed by atoms with Gasteiger partial charge in [0.05, 0.1) is 29.0 Å². The van der Waals surface area contributed by atoms with Crippen molar-refractivity contribution in [2.24, 2.45) is 0 Å². The van der Waals surface area contributed by atoms with Crippen molar-refractivity contribution in [1.29, 1.82) is 5.26 Å². The minimum atomic E-state index is -0.460. The minimum Gasteiger partial charge on any atom is -0.353 e. The Kier molecular flexibility index (Phi) is 5.43. The molecule has 0 radical (unpaired) electrons. The van der Waals surface area contributed by atoms with Crippen molar-refractivity contribution in [2.45, 2.75) is 18.8 Å². The number of benzene rings is 1. The summed E-state index contributed by atoms with van der Waals surface area (Å²) in [4.78, 5) is 21.1. The van der Waals surface area contributed by atoms with E-state index in [-0.39, 0.29) is 5.69 Å². The molecule has 0 atom stereocenters. The molecule has 0 bridgehead atoms. The first-order chi connectivity index (χ1) is 17.2. The molecule has 4 heterocycles. The summed E-state index contributed by atoms with van der Waals surface area (Å²) in [7, 11) is 0. The molecular formula is C26H23FN8. The Morgan fingerprint density at radius 1 is 1.09 bits per heavy atom. The average Bonchev–Trinajstić information content (AvgIpc) is 3.75. The minimum absolute atomic E-state index is 0.188. The topological polar surface area (TPSA) is 103 Å². The summed E-state index contributed by atoms with van der Waals surface area (Å²) in [5.74, 6) is 2.01. The maximum Gasteiger partial charge on any atom is 0.162 e. The van der Waals surface area contributed by atoms with Crippen LogP contribution in [-0.4, -0.2) is 46.1 Å². The lowest BCUT2D eigenvalue weighted by atomic mass is 10.1. The van der Waals surface area contributed by atoms with Gasteiger partial charge in [0.1, 0.15) is 17.5 Å². The molecule has 0 spiro atoms. The van der Waals surface area contributed by atoms with Crippen molar-refractivity contribution >= 4 is 28.2 Å². The second-order valence-electron chi connectivity index (χ2n) is 8.87. The highest BCUT2D eigenvalue weighted by Gasteiger charge is 2.29. The highest BCUT2D eigenvalue weighted by atomic mass is 19.1. The molecule has 0 unspecified atom stereocenters. The first kappa shape index (κ1) is 21.4. The van der Waals surface area contributed by atoms with E-state index < -0.39 is 5.82 Å². The van der Waals surface area contributed by atoms with Crippen molar-refractivity contribution < 1.29 is 4.39 Å². The normalized spacial score (nSPS) is 15.7. The second-order valence-corrected chi connectivity index (χ2v) is 8.87. The second kappa shape index (κ2) is 8.89. The number of halogens is 1. The summed E-state index contributed by atoms with van der Waals surface area (Å²) in [6.45, 7) is 3.55. The van der Waals surface area contributed by atoms with Gasteiger partial charge in [-0.25, -0.2) is 19.3 Å². The van der Waals surface area contributed by atoms with Crippen LogP contribution >= 0.6 is 0 Å². The Balaban J connectivity index is 1.43. The van der Waals surface area contributed by atoms with E-state index in [4.69, 9.17) is 15.2 Å². The molecule has 1 aliphatic carbocycles. The van der Waals surface area contributed by atoms with Gasteiger partial charge in [0.15, 0.2) is 5.82 Å². The lowest BCUT2D eigenvalue weighted by molar-refractivity contribution is 0.586. The molecule has 1 aromatic carbocycles. The molecule has 1 saturated carbocycles. The summed E-state index contributed by atoms with van der Waals surface area (Å²) in [6, 6.07) is 9.83. The van der Waals surface area contributed by atoms with Crippen LogP contribution in [0.15, 0.2) is 48.9 Å². The maximum atomic E-state index is 14.3. The van der Waals surface area contributed by atoms with Crippen LogP contribution in [0.2, 0.25) is 0 Å². The molecule has 4 aromatic rings. The Hall–Kier alpha value is -4.16. The van der Waals surface area contributed by atoms with E-state index in [9.17, 15) is 4.39 Å². The fourth-order valence-electron chi connectivity index (χ4n) is 4.49. The van der Waals surface area contributed by atoms with Gasteiger partial charge in [-0.1, -0.05) is 0 Å². The molecule has 2 fully saturated rings. The lowest BCUT2D eigenvalue weighted by Gasteiger charge is -2.30. The number of piperazine rings is 1. The molecule has 174 valence electrons. The van der Waals surface area contributed by atoms with Crippen LogP contribution in [0, 0.1) is 17.1 Å². The number of pyridine rings is 2. The number of hydrogen-bond donors (Lipinski definition) is 2. The van der Waals surface area contributed by atoms with Crippen molar-refractivity contribution in [3.63, 3.8) is 0 Å². The zero-order chi connectivity index (χ0) is 23.8. The van der Waals surface area contributed by atoms with Gasteiger partial charge in [0.2, 0.25) is 0 Å². The first-order valence-electron chi connectivity index (χ1n) is 11.7. The number of nitrogens with one attached hydrogen (secondary N) is 2. The van der Waals surface area contributed by atoms with Crippen molar-refractivity contribution in [1.82, 2.24) is 25.3 Å². The van der Waals surface area contributed by atoms with Gasteiger partial charge >= 0.3 is 0 Å². The molecular weight excluding hydrogens is 443 g/mol. The fraction of sp³-hybridized carbons (Fsp3) is 0.269. The average molecular weight is 467 g/mol. The summed E-state index contributed by atoms with van der Waals surface area (Å²) in [5, 5.41) is 16.6. The lowest BCUT2D eigenvalue weighted by Crippen LogP contribution is -2.44. The predicted octanol–water partition coefficient (Wildman–Crippen LogP) is 4.13. The third kappa shape index (κ3) is 4.24. The summed E-state index contributed by atoms with van der Waals surface area (Å²) in [5.41, 5.74) is 3.37. The van der Waals surface area contributed by atoms with E-state index in [1.807, 2.05) is 18.3 Å². The van der Waals surface area contributed by atoms with Crippen LogP contribution in [0.1, 0.15) is 29.9 Å². The highest BCUT2D eigenvalue weighted by molar-refractivity contribution is 5.94. The first-order valence-corrected chi connectivity index (χ1v) is 11.7. The standard InChI is InChI=1S/C26H23FN8/c27-20-4-1-16(13-28)11-21(20)32-23-12-18(5-6-31-23)25-33-22-15-30-14-19(17-2-3-17)24(22)26(34-25)35-9-7-29-8-10-35/h1,4-6,11-12,14-15,17,29H,2-3,7-10H2,(H,31,32). The van der Waals surface area contributed by atoms with Crippen LogP contribution < -0.4 is 15.5 Å². The van der Waals surface area contributed by atoms with Crippen molar-refractivity contribution in [3.05, 3.63) is 65.9 Å². The Morgan fingerprint density at radius 3 is 2.74 bits per heavy atom. The van der Waals surface area contributed by atoms with Gasteiger partial charge in [0, 0.05) is 49.5 Å².